The van der Waals surface area contributed by atoms with Gasteiger partial charge in [0, 0.05) is 24.2 Å². The Balaban J connectivity index is 1.52. The van der Waals surface area contributed by atoms with Gasteiger partial charge in [0.1, 0.15) is 0 Å². The van der Waals surface area contributed by atoms with Gasteiger partial charge in [-0.3, -0.25) is 0 Å². The molecule has 2 aromatic carbocycles. The Morgan fingerprint density at radius 2 is 1.50 bits per heavy atom. The van der Waals surface area contributed by atoms with Crippen LogP contribution in [0.2, 0.25) is 5.02 Å². The Kier molecular flexibility index (Phi) is 8.15. The molecule has 1 fully saturated rings. The normalized spacial score (nSPS) is 19.6. The molecule has 2 aliphatic carbocycles. The van der Waals surface area contributed by atoms with Gasteiger partial charge in [-0.15, -0.1) is 0 Å². The maximum absolute atomic E-state index is 13.6. The molecule has 1 N–H and O–H groups in total. The second kappa shape index (κ2) is 10.9. The van der Waals surface area contributed by atoms with E-state index >= 15 is 0 Å². The minimum Gasteiger partial charge on any atom is -0.211 e. The standard InChI is InChI=1S/C25H31ClN2O4S2/c26-22-12-10-21(11-13-22)19-28(23-8-4-5-9-23)34(31,32)25-16-14-24(15-17-25)33(29,30)27-18-20-6-2-1-3-7-20/h1-2,10-17,20,23,27H,3-9,18-19H2. The molecule has 0 saturated heterocycles. The summed E-state index contributed by atoms with van der Waals surface area (Å²) in [5.41, 5.74) is 0.862. The molecule has 0 amide bonds. The van der Waals surface area contributed by atoms with Crippen LogP contribution in [0.25, 0.3) is 0 Å². The Bertz CT molecular complexity index is 1200. The summed E-state index contributed by atoms with van der Waals surface area (Å²) in [7, 11) is -7.51. The van der Waals surface area contributed by atoms with Gasteiger partial charge in [0.05, 0.1) is 9.79 Å². The Labute approximate surface area is 208 Å². The van der Waals surface area contributed by atoms with Gasteiger partial charge in [0.15, 0.2) is 0 Å². The van der Waals surface area contributed by atoms with Crippen LogP contribution in [0.5, 0.6) is 0 Å². The Morgan fingerprint density at radius 3 is 2.12 bits per heavy atom. The van der Waals surface area contributed by atoms with Crippen molar-refractivity contribution in [1.29, 1.82) is 0 Å². The first kappa shape index (κ1) is 25.4. The summed E-state index contributed by atoms with van der Waals surface area (Å²) in [6.45, 7) is 0.630. The highest BCUT2D eigenvalue weighted by Gasteiger charge is 2.33. The predicted molar refractivity (Wildman–Crippen MR) is 135 cm³/mol. The zero-order valence-electron chi connectivity index (χ0n) is 19.1. The lowest BCUT2D eigenvalue weighted by atomic mass is 9.95. The van der Waals surface area contributed by atoms with Crippen molar-refractivity contribution < 1.29 is 16.8 Å². The van der Waals surface area contributed by atoms with E-state index in [4.69, 9.17) is 11.6 Å². The van der Waals surface area contributed by atoms with Gasteiger partial charge in [-0.1, -0.05) is 48.7 Å². The first-order valence-electron chi connectivity index (χ1n) is 11.8. The highest BCUT2D eigenvalue weighted by Crippen LogP contribution is 2.31. The quantitative estimate of drug-likeness (QED) is 0.464. The number of nitrogens with one attached hydrogen (secondary N) is 1. The van der Waals surface area contributed by atoms with Gasteiger partial charge in [-0.25, -0.2) is 21.6 Å². The highest BCUT2D eigenvalue weighted by atomic mass is 35.5. The molecule has 0 bridgehead atoms. The van der Waals surface area contributed by atoms with Crippen LogP contribution in [0, 0.1) is 5.92 Å². The van der Waals surface area contributed by atoms with E-state index in [1.54, 1.807) is 16.4 Å². The zero-order valence-corrected chi connectivity index (χ0v) is 21.5. The third-order valence-electron chi connectivity index (χ3n) is 6.66. The molecule has 0 spiro atoms. The topological polar surface area (TPSA) is 83.5 Å². The van der Waals surface area contributed by atoms with Crippen molar-refractivity contribution in [2.75, 3.05) is 6.54 Å². The second-order valence-corrected chi connectivity index (χ2v) is 13.2. The highest BCUT2D eigenvalue weighted by molar-refractivity contribution is 7.89. The first-order valence-corrected chi connectivity index (χ1v) is 15.1. The van der Waals surface area contributed by atoms with Gasteiger partial charge >= 0.3 is 0 Å². The number of sulfonamides is 2. The minimum atomic E-state index is -3.81. The van der Waals surface area contributed by atoms with E-state index in [1.165, 1.54) is 24.3 Å². The molecule has 1 saturated carbocycles. The van der Waals surface area contributed by atoms with Crippen molar-refractivity contribution in [3.8, 4) is 0 Å². The second-order valence-electron chi connectivity index (χ2n) is 9.09. The van der Waals surface area contributed by atoms with Crippen molar-refractivity contribution in [3.05, 3.63) is 71.3 Å². The minimum absolute atomic E-state index is 0.0721. The first-order chi connectivity index (χ1) is 16.3. The fraction of sp³-hybridized carbons (Fsp3) is 0.440. The van der Waals surface area contributed by atoms with Crippen LogP contribution in [0.15, 0.2) is 70.5 Å². The molecular weight excluding hydrogens is 492 g/mol. The molecule has 0 heterocycles. The fourth-order valence-electron chi connectivity index (χ4n) is 4.65. The van der Waals surface area contributed by atoms with Crippen LogP contribution >= 0.6 is 11.6 Å². The van der Waals surface area contributed by atoms with Crippen molar-refractivity contribution in [2.24, 2.45) is 5.92 Å². The third-order valence-corrected chi connectivity index (χ3v) is 10.3. The fourth-order valence-corrected chi connectivity index (χ4v) is 7.57. The van der Waals surface area contributed by atoms with Gasteiger partial charge in [0.2, 0.25) is 20.0 Å². The molecule has 2 aliphatic rings. The van der Waals surface area contributed by atoms with Gasteiger partial charge in [-0.05, 0) is 80.0 Å². The lowest BCUT2D eigenvalue weighted by molar-refractivity contribution is 0.316. The van der Waals surface area contributed by atoms with Crippen LogP contribution in [-0.2, 0) is 26.6 Å². The van der Waals surface area contributed by atoms with Gasteiger partial charge in [0.25, 0.3) is 0 Å². The molecule has 0 radical (unpaired) electrons. The summed E-state index contributed by atoms with van der Waals surface area (Å²) in [5.74, 6) is 0.285. The molecule has 1 unspecified atom stereocenters. The van der Waals surface area contributed by atoms with Crippen LogP contribution in [0.4, 0.5) is 0 Å². The van der Waals surface area contributed by atoms with E-state index < -0.39 is 20.0 Å². The van der Waals surface area contributed by atoms with E-state index in [1.807, 2.05) is 12.1 Å². The van der Waals surface area contributed by atoms with Crippen LogP contribution in [0.3, 0.4) is 0 Å². The molecule has 4 rings (SSSR count). The lowest BCUT2D eigenvalue weighted by Gasteiger charge is -2.28. The van der Waals surface area contributed by atoms with Gasteiger partial charge < -0.3 is 0 Å². The summed E-state index contributed by atoms with van der Waals surface area (Å²) in [4.78, 5) is 0.174. The summed E-state index contributed by atoms with van der Waals surface area (Å²) < 4.78 is 57.0. The molecule has 9 heteroatoms. The number of rotatable bonds is 9. The van der Waals surface area contributed by atoms with Crippen molar-refractivity contribution in [2.45, 2.75) is 67.3 Å². The molecule has 2 aromatic rings. The predicted octanol–water partition coefficient (Wildman–Crippen LogP) is 5.11. The Hall–Kier alpha value is -1.71. The molecular formula is C25H31ClN2O4S2. The average molecular weight is 523 g/mol. The average Bonchev–Trinajstić information content (AvgIpc) is 3.37. The molecule has 34 heavy (non-hydrogen) atoms. The number of hydrogen-bond acceptors (Lipinski definition) is 4. The number of allylic oxidation sites excluding steroid dienone is 2. The summed E-state index contributed by atoms with van der Waals surface area (Å²) in [6.07, 6.45) is 10.6. The van der Waals surface area contributed by atoms with Crippen molar-refractivity contribution in [3.63, 3.8) is 0 Å². The molecule has 0 aromatic heterocycles. The van der Waals surface area contributed by atoms with Crippen molar-refractivity contribution in [1.82, 2.24) is 9.03 Å². The van der Waals surface area contributed by atoms with E-state index in [0.29, 0.717) is 11.6 Å². The monoisotopic (exact) mass is 522 g/mol. The van der Waals surface area contributed by atoms with Gasteiger partial charge in [-0.2, -0.15) is 4.31 Å². The Morgan fingerprint density at radius 1 is 0.853 bits per heavy atom. The summed E-state index contributed by atoms with van der Waals surface area (Å²) in [5, 5.41) is 0.601. The third kappa shape index (κ3) is 6.10. The van der Waals surface area contributed by atoms with Crippen molar-refractivity contribution >= 4 is 31.6 Å². The maximum Gasteiger partial charge on any atom is 0.243 e. The summed E-state index contributed by atoms with van der Waals surface area (Å²) >= 11 is 5.99. The molecule has 1 atom stereocenters. The van der Waals surface area contributed by atoms with Crippen LogP contribution < -0.4 is 4.72 Å². The lowest BCUT2D eigenvalue weighted by Crippen LogP contribution is -2.38. The van der Waals surface area contributed by atoms with E-state index in [9.17, 15) is 16.8 Å². The molecule has 6 nitrogen and oxygen atoms in total. The molecule has 0 aliphatic heterocycles. The van der Waals surface area contributed by atoms with E-state index in [0.717, 1.165) is 50.5 Å². The summed E-state index contributed by atoms with van der Waals surface area (Å²) in [6, 6.07) is 12.7. The smallest absolute Gasteiger partial charge is 0.211 e. The van der Waals surface area contributed by atoms with E-state index in [-0.39, 0.29) is 28.3 Å². The van der Waals surface area contributed by atoms with E-state index in [2.05, 4.69) is 16.9 Å². The van der Waals surface area contributed by atoms with Crippen LogP contribution in [-0.4, -0.2) is 33.7 Å². The maximum atomic E-state index is 13.6. The number of benzene rings is 2. The SMILES string of the molecule is O=S(=O)(NCC1CC=CCC1)c1ccc(S(=O)(=O)N(Cc2ccc(Cl)cc2)C2CCCC2)cc1. The number of nitrogens with zero attached hydrogens (tertiary/aromatic N) is 1. The number of halogens is 1. The molecule has 184 valence electrons. The van der Waals surface area contributed by atoms with Crippen LogP contribution in [0.1, 0.15) is 50.5 Å². The zero-order chi connectivity index (χ0) is 24.2. The largest absolute Gasteiger partial charge is 0.243 e. The number of hydrogen-bond donors (Lipinski definition) is 1.